The maximum absolute atomic E-state index is 13.0. The summed E-state index contributed by atoms with van der Waals surface area (Å²) in [6, 6.07) is 7.75. The van der Waals surface area contributed by atoms with E-state index in [0.29, 0.717) is 31.2 Å². The Morgan fingerprint density at radius 2 is 2.04 bits per heavy atom. The summed E-state index contributed by atoms with van der Waals surface area (Å²) in [4.78, 5) is 45.5. The molecule has 0 radical (unpaired) electrons. The lowest BCUT2D eigenvalue weighted by Gasteiger charge is -2.42. The molecule has 146 valence electrons. The maximum Gasteiger partial charge on any atom is 0.417 e. The van der Waals surface area contributed by atoms with Crippen molar-refractivity contribution in [1.29, 1.82) is 0 Å². The van der Waals surface area contributed by atoms with E-state index in [4.69, 9.17) is 9.15 Å². The number of rotatable bonds is 4. The molecule has 5 rings (SSSR count). The molecular weight excluding hydrogens is 364 g/mol. The van der Waals surface area contributed by atoms with Crippen molar-refractivity contribution in [2.24, 2.45) is 5.92 Å². The van der Waals surface area contributed by atoms with Gasteiger partial charge in [-0.15, -0.1) is 0 Å². The number of para-hydroxylation sites is 2. The van der Waals surface area contributed by atoms with Crippen molar-refractivity contribution in [3.8, 4) is 0 Å². The van der Waals surface area contributed by atoms with Crippen LogP contribution in [0.4, 0.5) is 10.8 Å². The number of likely N-dealkylation sites (tertiary alicyclic amines) is 1. The van der Waals surface area contributed by atoms with E-state index < -0.39 is 6.09 Å². The smallest absolute Gasteiger partial charge is 0.417 e. The molecule has 0 saturated carbocycles. The van der Waals surface area contributed by atoms with Crippen molar-refractivity contribution in [1.82, 2.24) is 14.8 Å². The molecule has 9 nitrogen and oxygen atoms in total. The number of carbonyl (C=O) groups is 3. The van der Waals surface area contributed by atoms with Gasteiger partial charge < -0.3 is 19.0 Å². The van der Waals surface area contributed by atoms with Gasteiger partial charge in [-0.1, -0.05) is 12.1 Å². The summed E-state index contributed by atoms with van der Waals surface area (Å²) < 4.78 is 10.6. The van der Waals surface area contributed by atoms with Crippen LogP contribution in [0.25, 0.3) is 11.1 Å². The minimum atomic E-state index is -0.590. The number of hydrogen-bond donors (Lipinski definition) is 0. The summed E-state index contributed by atoms with van der Waals surface area (Å²) in [6.07, 6.45) is 1.07. The number of aromatic nitrogens is 1. The zero-order chi connectivity index (χ0) is 19.3. The molecule has 3 fully saturated rings. The fraction of sp³-hybridized carbons (Fsp3) is 0.474. The first-order chi connectivity index (χ1) is 13.6. The van der Waals surface area contributed by atoms with Gasteiger partial charge in [0.25, 0.3) is 11.9 Å². The largest absolute Gasteiger partial charge is 0.439 e. The van der Waals surface area contributed by atoms with E-state index in [-0.39, 0.29) is 30.4 Å². The van der Waals surface area contributed by atoms with Crippen LogP contribution in [0, 0.1) is 5.92 Å². The quantitative estimate of drug-likeness (QED) is 0.782. The number of nitrogens with zero attached hydrogens (tertiary/aromatic N) is 4. The van der Waals surface area contributed by atoms with Crippen LogP contribution in [0.5, 0.6) is 0 Å². The molecule has 3 aliphatic heterocycles. The lowest BCUT2D eigenvalue weighted by molar-refractivity contribution is -0.139. The normalized spacial score (nSPS) is 22.9. The number of imide groups is 1. The number of hydrogen-bond acceptors (Lipinski definition) is 7. The fourth-order valence-corrected chi connectivity index (χ4v) is 4.13. The molecule has 0 spiro atoms. The number of oxazole rings is 1. The molecular formula is C19H20N4O5. The van der Waals surface area contributed by atoms with Crippen LogP contribution >= 0.6 is 0 Å². The van der Waals surface area contributed by atoms with Gasteiger partial charge in [0.2, 0.25) is 5.91 Å². The highest BCUT2D eigenvalue weighted by atomic mass is 16.6. The molecule has 0 bridgehead atoms. The number of anilines is 1. The zero-order valence-electron chi connectivity index (χ0n) is 15.2. The number of ether oxygens (including phenoxy) is 1. The Hall–Kier alpha value is -3.10. The highest BCUT2D eigenvalue weighted by Crippen LogP contribution is 2.31. The summed E-state index contributed by atoms with van der Waals surface area (Å²) in [6.45, 7) is 1.92. The van der Waals surface area contributed by atoms with Crippen molar-refractivity contribution in [3.63, 3.8) is 0 Å². The number of cyclic esters (lactones) is 1. The predicted octanol–water partition coefficient (Wildman–Crippen LogP) is 1.23. The van der Waals surface area contributed by atoms with E-state index in [1.54, 1.807) is 4.90 Å². The van der Waals surface area contributed by atoms with Gasteiger partial charge in [0, 0.05) is 32.1 Å². The third kappa shape index (κ3) is 2.78. The van der Waals surface area contributed by atoms with Gasteiger partial charge in [-0.05, 0) is 25.0 Å². The molecule has 0 aliphatic carbocycles. The Kier molecular flexibility index (Phi) is 3.96. The Labute approximate surface area is 160 Å². The third-order valence-corrected chi connectivity index (χ3v) is 5.62. The molecule has 4 heterocycles. The van der Waals surface area contributed by atoms with Crippen LogP contribution in [-0.2, 0) is 14.3 Å². The molecule has 0 N–H and O–H groups in total. The van der Waals surface area contributed by atoms with Crippen molar-refractivity contribution < 1.29 is 23.5 Å². The number of fused-ring (bicyclic) bond motifs is 1. The van der Waals surface area contributed by atoms with Crippen molar-refractivity contribution >= 4 is 35.0 Å². The Bertz CT molecular complexity index is 902. The second-order valence-corrected chi connectivity index (χ2v) is 7.48. The van der Waals surface area contributed by atoms with Crippen LogP contribution in [0.2, 0.25) is 0 Å². The van der Waals surface area contributed by atoms with E-state index in [2.05, 4.69) is 4.98 Å². The van der Waals surface area contributed by atoms with Gasteiger partial charge in [-0.3, -0.25) is 9.59 Å². The van der Waals surface area contributed by atoms with E-state index >= 15 is 0 Å². The first kappa shape index (κ1) is 17.0. The summed E-state index contributed by atoms with van der Waals surface area (Å²) in [7, 11) is 0. The van der Waals surface area contributed by atoms with Crippen LogP contribution in [0.15, 0.2) is 28.7 Å². The summed E-state index contributed by atoms with van der Waals surface area (Å²) in [5.74, 6) is -0.170. The van der Waals surface area contributed by atoms with Gasteiger partial charge in [0.1, 0.15) is 11.6 Å². The SMILES string of the molecule is O=C(C1CCCN1c1nc2ccccc2o1)N1CC(CN2C(=O)COC2=O)C1. The van der Waals surface area contributed by atoms with Crippen LogP contribution in [0.1, 0.15) is 12.8 Å². The third-order valence-electron chi connectivity index (χ3n) is 5.62. The summed E-state index contributed by atoms with van der Waals surface area (Å²) in [5.41, 5.74) is 1.49. The highest BCUT2D eigenvalue weighted by Gasteiger charge is 2.42. The minimum absolute atomic E-state index is 0.0475. The standard InChI is InChI=1S/C19H20N4O5/c24-16-11-27-19(26)23(16)10-12-8-21(9-12)17(25)14-5-3-7-22(14)18-20-13-4-1-2-6-15(13)28-18/h1-2,4,6,12,14H,3,5,7-11H2. The number of benzene rings is 1. The van der Waals surface area contributed by atoms with Crippen LogP contribution in [-0.4, -0.2) is 71.5 Å². The minimum Gasteiger partial charge on any atom is -0.439 e. The van der Waals surface area contributed by atoms with Crippen molar-refractivity contribution in [3.05, 3.63) is 24.3 Å². The van der Waals surface area contributed by atoms with Crippen LogP contribution in [0.3, 0.4) is 0 Å². The molecule has 1 atom stereocenters. The first-order valence-electron chi connectivity index (χ1n) is 9.48. The molecule has 1 unspecified atom stereocenters. The van der Waals surface area contributed by atoms with E-state index in [1.807, 2.05) is 29.2 Å². The molecule has 28 heavy (non-hydrogen) atoms. The molecule has 2 aromatic rings. The van der Waals surface area contributed by atoms with Crippen LogP contribution < -0.4 is 4.90 Å². The molecule has 9 heteroatoms. The fourth-order valence-electron chi connectivity index (χ4n) is 4.13. The van der Waals surface area contributed by atoms with Gasteiger partial charge >= 0.3 is 6.09 Å². The Morgan fingerprint density at radius 1 is 1.21 bits per heavy atom. The second-order valence-electron chi connectivity index (χ2n) is 7.48. The first-order valence-corrected chi connectivity index (χ1v) is 9.48. The monoisotopic (exact) mass is 384 g/mol. The second kappa shape index (κ2) is 6.50. The van der Waals surface area contributed by atoms with Gasteiger partial charge in [0.05, 0.1) is 0 Å². The van der Waals surface area contributed by atoms with Gasteiger partial charge in [-0.2, -0.15) is 4.98 Å². The average molecular weight is 384 g/mol. The summed E-state index contributed by atoms with van der Waals surface area (Å²) in [5, 5.41) is 0. The molecule has 3 saturated heterocycles. The summed E-state index contributed by atoms with van der Waals surface area (Å²) >= 11 is 0. The average Bonchev–Trinajstić information content (AvgIpc) is 3.36. The molecule has 1 aromatic heterocycles. The number of carbonyl (C=O) groups excluding carboxylic acids is 3. The lowest BCUT2D eigenvalue weighted by atomic mass is 9.98. The molecule has 3 aliphatic rings. The van der Waals surface area contributed by atoms with Crippen molar-refractivity contribution in [2.45, 2.75) is 18.9 Å². The molecule has 3 amide bonds. The lowest BCUT2D eigenvalue weighted by Crippen LogP contribution is -2.58. The number of amides is 3. The highest BCUT2D eigenvalue weighted by molar-refractivity contribution is 5.97. The maximum atomic E-state index is 13.0. The Balaban J connectivity index is 1.23. The predicted molar refractivity (Wildman–Crippen MR) is 97.5 cm³/mol. The van der Waals surface area contributed by atoms with Gasteiger partial charge in [0.15, 0.2) is 12.2 Å². The Morgan fingerprint density at radius 3 is 2.79 bits per heavy atom. The topological polar surface area (TPSA) is 96.2 Å². The molecule has 1 aromatic carbocycles. The van der Waals surface area contributed by atoms with E-state index in [9.17, 15) is 14.4 Å². The zero-order valence-corrected chi connectivity index (χ0v) is 15.2. The van der Waals surface area contributed by atoms with E-state index in [0.717, 1.165) is 29.8 Å². The van der Waals surface area contributed by atoms with Gasteiger partial charge in [-0.25, -0.2) is 9.69 Å². The van der Waals surface area contributed by atoms with E-state index in [1.165, 1.54) is 0 Å². The van der Waals surface area contributed by atoms with Crippen molar-refractivity contribution in [2.75, 3.05) is 37.7 Å².